The number of aryl methyl sites for hydroxylation is 4. The SMILES string of the molecule is CCc1ccc(CCc2cncc(C)c2)cn1. The highest BCUT2D eigenvalue weighted by molar-refractivity contribution is 5.20. The van der Waals surface area contributed by atoms with Gasteiger partial charge in [0, 0.05) is 24.3 Å². The van der Waals surface area contributed by atoms with E-state index in [0.29, 0.717) is 0 Å². The zero-order valence-electron chi connectivity index (χ0n) is 10.5. The molecule has 0 unspecified atom stereocenters. The Morgan fingerprint density at radius 3 is 2.47 bits per heavy atom. The molecule has 0 saturated heterocycles. The summed E-state index contributed by atoms with van der Waals surface area (Å²) in [5, 5.41) is 0. The van der Waals surface area contributed by atoms with Crippen LogP contribution in [0.15, 0.2) is 36.8 Å². The third kappa shape index (κ3) is 3.38. The maximum Gasteiger partial charge on any atom is 0.0401 e. The van der Waals surface area contributed by atoms with Crippen molar-refractivity contribution >= 4 is 0 Å². The molecule has 2 heteroatoms. The number of aromatic nitrogens is 2. The fourth-order valence-electron chi connectivity index (χ4n) is 1.86. The van der Waals surface area contributed by atoms with Crippen LogP contribution in [0.2, 0.25) is 0 Å². The van der Waals surface area contributed by atoms with Gasteiger partial charge in [-0.05, 0) is 48.9 Å². The summed E-state index contributed by atoms with van der Waals surface area (Å²) < 4.78 is 0. The number of pyridine rings is 2. The summed E-state index contributed by atoms with van der Waals surface area (Å²) in [5.74, 6) is 0. The maximum absolute atomic E-state index is 4.41. The molecular weight excluding hydrogens is 208 g/mol. The van der Waals surface area contributed by atoms with Gasteiger partial charge in [-0.1, -0.05) is 19.1 Å². The molecule has 0 atom stereocenters. The Morgan fingerprint density at radius 1 is 1.00 bits per heavy atom. The van der Waals surface area contributed by atoms with Crippen molar-refractivity contribution < 1.29 is 0 Å². The molecule has 0 amide bonds. The largest absolute Gasteiger partial charge is 0.264 e. The Balaban J connectivity index is 1.97. The monoisotopic (exact) mass is 226 g/mol. The molecule has 0 aromatic carbocycles. The van der Waals surface area contributed by atoms with Gasteiger partial charge in [0.1, 0.15) is 0 Å². The minimum Gasteiger partial charge on any atom is -0.264 e. The molecule has 88 valence electrons. The van der Waals surface area contributed by atoms with Crippen molar-refractivity contribution in [3.05, 3.63) is 59.2 Å². The van der Waals surface area contributed by atoms with E-state index in [1.165, 1.54) is 16.7 Å². The van der Waals surface area contributed by atoms with Gasteiger partial charge in [0.15, 0.2) is 0 Å². The minimum absolute atomic E-state index is 1.00. The summed E-state index contributed by atoms with van der Waals surface area (Å²) in [6, 6.07) is 6.49. The van der Waals surface area contributed by atoms with E-state index in [1.807, 2.05) is 18.6 Å². The lowest BCUT2D eigenvalue weighted by Gasteiger charge is -2.03. The van der Waals surface area contributed by atoms with Gasteiger partial charge >= 0.3 is 0 Å². The summed E-state index contributed by atoms with van der Waals surface area (Å²) in [6.07, 6.45) is 8.88. The molecule has 0 aliphatic heterocycles. The zero-order valence-corrected chi connectivity index (χ0v) is 10.5. The predicted molar refractivity (Wildman–Crippen MR) is 70.0 cm³/mol. The van der Waals surface area contributed by atoms with Crippen LogP contribution in [0.25, 0.3) is 0 Å². The zero-order chi connectivity index (χ0) is 12.1. The van der Waals surface area contributed by atoms with E-state index in [-0.39, 0.29) is 0 Å². The van der Waals surface area contributed by atoms with E-state index in [9.17, 15) is 0 Å². The van der Waals surface area contributed by atoms with Gasteiger partial charge in [0.25, 0.3) is 0 Å². The number of hydrogen-bond donors (Lipinski definition) is 0. The van der Waals surface area contributed by atoms with Crippen LogP contribution in [0.3, 0.4) is 0 Å². The normalized spacial score (nSPS) is 10.5. The molecule has 0 aliphatic carbocycles. The molecule has 0 bridgehead atoms. The summed E-state index contributed by atoms with van der Waals surface area (Å²) in [7, 11) is 0. The van der Waals surface area contributed by atoms with E-state index in [2.05, 4.69) is 42.0 Å². The van der Waals surface area contributed by atoms with Crippen LogP contribution in [0.4, 0.5) is 0 Å². The fraction of sp³-hybridized carbons (Fsp3) is 0.333. The van der Waals surface area contributed by atoms with Gasteiger partial charge in [-0.15, -0.1) is 0 Å². The van der Waals surface area contributed by atoms with Gasteiger partial charge in [-0.3, -0.25) is 9.97 Å². The molecule has 0 spiro atoms. The number of rotatable bonds is 4. The highest BCUT2D eigenvalue weighted by atomic mass is 14.7. The van der Waals surface area contributed by atoms with E-state index in [1.54, 1.807) is 0 Å². The van der Waals surface area contributed by atoms with E-state index < -0.39 is 0 Å². The van der Waals surface area contributed by atoms with Crippen molar-refractivity contribution in [1.29, 1.82) is 0 Å². The van der Waals surface area contributed by atoms with E-state index in [4.69, 9.17) is 0 Å². The van der Waals surface area contributed by atoms with Crippen molar-refractivity contribution in [2.45, 2.75) is 33.1 Å². The molecule has 2 aromatic heterocycles. The number of hydrogen-bond acceptors (Lipinski definition) is 2. The van der Waals surface area contributed by atoms with Crippen LogP contribution in [0.1, 0.15) is 29.3 Å². The Morgan fingerprint density at radius 2 is 1.82 bits per heavy atom. The van der Waals surface area contributed by atoms with E-state index in [0.717, 1.165) is 25.0 Å². The fourth-order valence-corrected chi connectivity index (χ4v) is 1.86. The lowest BCUT2D eigenvalue weighted by molar-refractivity contribution is 0.925. The standard InChI is InChI=1S/C15H18N2/c1-3-15-7-6-13(11-17-15)4-5-14-8-12(2)9-16-10-14/h6-11H,3-5H2,1-2H3. The predicted octanol–water partition coefficient (Wildman–Crippen LogP) is 3.13. The van der Waals surface area contributed by atoms with Crippen molar-refractivity contribution in [1.82, 2.24) is 9.97 Å². The average Bonchev–Trinajstić information content (AvgIpc) is 2.37. The first kappa shape index (κ1) is 11.8. The second-order valence-electron chi connectivity index (χ2n) is 4.38. The van der Waals surface area contributed by atoms with Crippen LogP contribution in [-0.2, 0) is 19.3 Å². The summed E-state index contributed by atoms with van der Waals surface area (Å²) >= 11 is 0. The maximum atomic E-state index is 4.41. The Labute approximate surface area is 103 Å². The smallest absolute Gasteiger partial charge is 0.0401 e. The van der Waals surface area contributed by atoms with Crippen LogP contribution in [0.5, 0.6) is 0 Å². The highest BCUT2D eigenvalue weighted by Crippen LogP contribution is 2.08. The molecule has 2 heterocycles. The molecule has 2 rings (SSSR count). The van der Waals surface area contributed by atoms with Gasteiger partial charge in [-0.2, -0.15) is 0 Å². The van der Waals surface area contributed by atoms with E-state index >= 15 is 0 Å². The highest BCUT2D eigenvalue weighted by Gasteiger charge is 1.98. The first-order valence-corrected chi connectivity index (χ1v) is 6.12. The molecule has 2 nitrogen and oxygen atoms in total. The first-order valence-electron chi connectivity index (χ1n) is 6.12. The van der Waals surface area contributed by atoms with Crippen molar-refractivity contribution in [2.75, 3.05) is 0 Å². The third-order valence-electron chi connectivity index (χ3n) is 2.88. The second-order valence-corrected chi connectivity index (χ2v) is 4.38. The average molecular weight is 226 g/mol. The molecule has 0 aliphatic rings. The molecule has 0 fully saturated rings. The van der Waals surface area contributed by atoms with Crippen LogP contribution < -0.4 is 0 Å². The molecule has 0 radical (unpaired) electrons. The summed E-state index contributed by atoms with van der Waals surface area (Å²) in [4.78, 5) is 8.62. The van der Waals surface area contributed by atoms with Crippen LogP contribution >= 0.6 is 0 Å². The lowest BCUT2D eigenvalue weighted by Crippen LogP contribution is -1.95. The molecule has 17 heavy (non-hydrogen) atoms. The second kappa shape index (κ2) is 5.58. The minimum atomic E-state index is 1.00. The van der Waals surface area contributed by atoms with Gasteiger partial charge < -0.3 is 0 Å². The first-order chi connectivity index (χ1) is 8.28. The summed E-state index contributed by atoms with van der Waals surface area (Å²) in [6.45, 7) is 4.20. The Bertz CT molecular complexity index is 475. The topological polar surface area (TPSA) is 25.8 Å². The van der Waals surface area contributed by atoms with Crippen molar-refractivity contribution in [2.24, 2.45) is 0 Å². The Kier molecular flexibility index (Phi) is 3.86. The van der Waals surface area contributed by atoms with Gasteiger partial charge in [0.05, 0.1) is 0 Å². The molecule has 2 aromatic rings. The number of nitrogens with zero attached hydrogens (tertiary/aromatic N) is 2. The molecule has 0 saturated carbocycles. The summed E-state index contributed by atoms with van der Waals surface area (Å²) in [5.41, 5.74) is 4.97. The van der Waals surface area contributed by atoms with Crippen LogP contribution in [-0.4, -0.2) is 9.97 Å². The third-order valence-corrected chi connectivity index (χ3v) is 2.88. The van der Waals surface area contributed by atoms with Gasteiger partial charge in [0.2, 0.25) is 0 Å². The van der Waals surface area contributed by atoms with Crippen molar-refractivity contribution in [3.8, 4) is 0 Å². The van der Waals surface area contributed by atoms with Gasteiger partial charge in [-0.25, -0.2) is 0 Å². The van der Waals surface area contributed by atoms with Crippen molar-refractivity contribution in [3.63, 3.8) is 0 Å². The van der Waals surface area contributed by atoms with Crippen LogP contribution in [0, 0.1) is 6.92 Å². The molecular formula is C15H18N2. The quantitative estimate of drug-likeness (QED) is 0.800. The Hall–Kier alpha value is -1.70. The molecule has 0 N–H and O–H groups in total. The lowest BCUT2D eigenvalue weighted by atomic mass is 10.1.